The summed E-state index contributed by atoms with van der Waals surface area (Å²) in [5, 5.41) is 5.77. The second kappa shape index (κ2) is 7.02. The number of aryl methyl sites for hydroxylation is 1. The summed E-state index contributed by atoms with van der Waals surface area (Å²) >= 11 is 0. The molecule has 1 aliphatic rings. The first-order valence-corrected chi connectivity index (χ1v) is 8.58. The smallest absolute Gasteiger partial charge is 0.240 e. The molecular formula is C14H21N3O3S. The molecule has 2 rings (SSSR count). The zero-order chi connectivity index (χ0) is 15.3. The first kappa shape index (κ1) is 15.9. The molecule has 0 aromatic heterocycles. The molecule has 0 atom stereocenters. The maximum Gasteiger partial charge on any atom is 0.240 e. The number of rotatable bonds is 6. The highest BCUT2D eigenvalue weighted by molar-refractivity contribution is 7.89. The van der Waals surface area contributed by atoms with Gasteiger partial charge in [0.15, 0.2) is 0 Å². The van der Waals surface area contributed by atoms with E-state index in [4.69, 9.17) is 0 Å². The van der Waals surface area contributed by atoms with E-state index in [9.17, 15) is 13.2 Å². The molecule has 1 aliphatic heterocycles. The Labute approximate surface area is 125 Å². The van der Waals surface area contributed by atoms with Crippen molar-refractivity contribution in [3.8, 4) is 0 Å². The molecule has 21 heavy (non-hydrogen) atoms. The summed E-state index contributed by atoms with van der Waals surface area (Å²) in [4.78, 5) is 11.7. The number of hydrogen-bond acceptors (Lipinski definition) is 4. The van der Waals surface area contributed by atoms with Crippen molar-refractivity contribution >= 4 is 21.6 Å². The molecule has 116 valence electrons. The third kappa shape index (κ3) is 4.26. The number of anilines is 1. The van der Waals surface area contributed by atoms with E-state index in [2.05, 4.69) is 15.4 Å². The Kier molecular flexibility index (Phi) is 5.33. The normalized spacial score (nSPS) is 15.2. The zero-order valence-corrected chi connectivity index (χ0v) is 12.9. The topological polar surface area (TPSA) is 87.3 Å². The fourth-order valence-electron chi connectivity index (χ4n) is 2.27. The lowest BCUT2D eigenvalue weighted by atomic mass is 10.1. The van der Waals surface area contributed by atoms with Crippen LogP contribution in [0, 0.1) is 0 Å². The van der Waals surface area contributed by atoms with Gasteiger partial charge in [0, 0.05) is 18.7 Å². The minimum absolute atomic E-state index is 0.0189. The van der Waals surface area contributed by atoms with Gasteiger partial charge in [-0.3, -0.25) is 4.79 Å². The highest BCUT2D eigenvalue weighted by atomic mass is 32.2. The van der Waals surface area contributed by atoms with Crippen LogP contribution < -0.4 is 15.4 Å². The molecule has 0 radical (unpaired) electrons. The molecule has 0 unspecified atom stereocenters. The van der Waals surface area contributed by atoms with Gasteiger partial charge in [-0.15, -0.1) is 0 Å². The minimum atomic E-state index is -3.49. The summed E-state index contributed by atoms with van der Waals surface area (Å²) < 4.78 is 27.0. The van der Waals surface area contributed by atoms with Crippen molar-refractivity contribution in [1.82, 2.24) is 10.0 Å². The predicted octanol–water partition coefficient (Wildman–Crippen LogP) is 0.849. The molecule has 7 heteroatoms. The Bertz CT molecular complexity index is 614. The summed E-state index contributed by atoms with van der Waals surface area (Å²) in [5.41, 5.74) is 1.59. The molecule has 0 spiro atoms. The Morgan fingerprint density at radius 2 is 2.05 bits per heavy atom. The van der Waals surface area contributed by atoms with Crippen LogP contribution in [0.4, 0.5) is 5.69 Å². The van der Waals surface area contributed by atoms with Crippen molar-refractivity contribution in [1.29, 1.82) is 0 Å². The van der Waals surface area contributed by atoms with Gasteiger partial charge in [-0.25, -0.2) is 13.1 Å². The van der Waals surface area contributed by atoms with Gasteiger partial charge in [0.1, 0.15) is 0 Å². The average Bonchev–Trinajstić information content (AvgIpc) is 2.63. The van der Waals surface area contributed by atoms with E-state index in [1.54, 1.807) is 12.1 Å². The lowest BCUT2D eigenvalue weighted by Crippen LogP contribution is -2.27. The second-order valence-electron chi connectivity index (χ2n) is 5.08. The van der Waals surface area contributed by atoms with Gasteiger partial charge < -0.3 is 10.6 Å². The molecule has 1 amide bonds. The summed E-state index contributed by atoms with van der Waals surface area (Å²) in [6, 6.07) is 4.85. The third-order valence-electron chi connectivity index (χ3n) is 3.41. The monoisotopic (exact) mass is 311 g/mol. The average molecular weight is 311 g/mol. The van der Waals surface area contributed by atoms with Gasteiger partial charge in [-0.05, 0) is 56.6 Å². The van der Waals surface area contributed by atoms with Crippen LogP contribution >= 0.6 is 0 Å². The lowest BCUT2D eigenvalue weighted by Gasteiger charge is -2.11. The number of carbonyl (C=O) groups excluding carboxylic acids is 1. The van der Waals surface area contributed by atoms with Gasteiger partial charge >= 0.3 is 0 Å². The van der Waals surface area contributed by atoms with E-state index in [0.717, 1.165) is 24.9 Å². The number of amides is 1. The van der Waals surface area contributed by atoms with E-state index in [1.807, 2.05) is 7.05 Å². The first-order valence-electron chi connectivity index (χ1n) is 7.10. The van der Waals surface area contributed by atoms with Crippen molar-refractivity contribution in [2.75, 3.05) is 25.5 Å². The standard InChI is InChI=1S/C14H21N3O3S/c1-15-8-3-9-16-21(19,20)12-6-7-13-11(10-12)4-2-5-14(18)17-13/h6-7,10,15-16H,2-5,8-9H2,1H3,(H,17,18). The highest BCUT2D eigenvalue weighted by Crippen LogP contribution is 2.25. The minimum Gasteiger partial charge on any atom is -0.326 e. The van der Waals surface area contributed by atoms with Gasteiger partial charge in [0.25, 0.3) is 0 Å². The fourth-order valence-corrected chi connectivity index (χ4v) is 3.40. The molecule has 3 N–H and O–H groups in total. The van der Waals surface area contributed by atoms with E-state index in [-0.39, 0.29) is 10.8 Å². The van der Waals surface area contributed by atoms with Crippen molar-refractivity contribution in [3.05, 3.63) is 23.8 Å². The summed E-state index contributed by atoms with van der Waals surface area (Å²) in [6.45, 7) is 1.16. The maximum atomic E-state index is 12.2. The van der Waals surface area contributed by atoms with Crippen LogP contribution in [0.1, 0.15) is 24.8 Å². The van der Waals surface area contributed by atoms with Gasteiger partial charge in [-0.2, -0.15) is 0 Å². The predicted molar refractivity (Wildman–Crippen MR) is 81.7 cm³/mol. The maximum absolute atomic E-state index is 12.2. The SMILES string of the molecule is CNCCCNS(=O)(=O)c1ccc2c(c1)CCCC(=O)N2. The zero-order valence-electron chi connectivity index (χ0n) is 12.1. The first-order chi connectivity index (χ1) is 10.0. The van der Waals surface area contributed by atoms with Crippen LogP contribution in [0.15, 0.2) is 23.1 Å². The van der Waals surface area contributed by atoms with Crippen LogP contribution in [0.25, 0.3) is 0 Å². The van der Waals surface area contributed by atoms with Crippen LogP contribution in [0.3, 0.4) is 0 Å². The lowest BCUT2D eigenvalue weighted by molar-refractivity contribution is -0.116. The Hall–Kier alpha value is -1.44. The number of fused-ring (bicyclic) bond motifs is 1. The Morgan fingerprint density at radius 3 is 2.81 bits per heavy atom. The number of sulfonamides is 1. The molecule has 1 heterocycles. The Morgan fingerprint density at radius 1 is 1.24 bits per heavy atom. The number of hydrogen-bond donors (Lipinski definition) is 3. The number of nitrogens with one attached hydrogen (secondary N) is 3. The van der Waals surface area contributed by atoms with Crippen LogP contribution in [0.5, 0.6) is 0 Å². The molecule has 1 aromatic rings. The van der Waals surface area contributed by atoms with Crippen molar-refractivity contribution < 1.29 is 13.2 Å². The second-order valence-corrected chi connectivity index (χ2v) is 6.84. The molecule has 0 saturated carbocycles. The molecule has 6 nitrogen and oxygen atoms in total. The molecule has 0 aliphatic carbocycles. The third-order valence-corrected chi connectivity index (χ3v) is 4.87. The largest absolute Gasteiger partial charge is 0.326 e. The van der Waals surface area contributed by atoms with Crippen molar-refractivity contribution in [2.45, 2.75) is 30.6 Å². The van der Waals surface area contributed by atoms with Crippen molar-refractivity contribution in [2.24, 2.45) is 0 Å². The number of carbonyl (C=O) groups is 1. The van der Waals surface area contributed by atoms with Gasteiger partial charge in [-0.1, -0.05) is 0 Å². The van der Waals surface area contributed by atoms with E-state index in [1.165, 1.54) is 6.07 Å². The molecule has 0 bridgehead atoms. The van der Waals surface area contributed by atoms with Gasteiger partial charge in [0.2, 0.25) is 15.9 Å². The Balaban J connectivity index is 2.13. The van der Waals surface area contributed by atoms with Crippen LogP contribution in [0.2, 0.25) is 0 Å². The molecule has 0 fully saturated rings. The quantitative estimate of drug-likeness (QED) is 0.680. The van der Waals surface area contributed by atoms with E-state index in [0.29, 0.717) is 25.1 Å². The highest BCUT2D eigenvalue weighted by Gasteiger charge is 2.18. The van der Waals surface area contributed by atoms with E-state index >= 15 is 0 Å². The summed E-state index contributed by atoms with van der Waals surface area (Å²) in [7, 11) is -1.66. The van der Waals surface area contributed by atoms with E-state index < -0.39 is 10.0 Å². The van der Waals surface area contributed by atoms with Crippen molar-refractivity contribution in [3.63, 3.8) is 0 Å². The molecule has 0 saturated heterocycles. The van der Waals surface area contributed by atoms with Gasteiger partial charge in [0.05, 0.1) is 4.90 Å². The molecular weight excluding hydrogens is 290 g/mol. The van der Waals surface area contributed by atoms with Crippen LogP contribution in [-0.2, 0) is 21.2 Å². The fraction of sp³-hybridized carbons (Fsp3) is 0.500. The van der Waals surface area contributed by atoms with Crippen LogP contribution in [-0.4, -0.2) is 34.5 Å². The number of benzene rings is 1. The molecule has 1 aromatic carbocycles. The summed E-state index contributed by atoms with van der Waals surface area (Å²) in [5.74, 6) is -0.0189. The summed E-state index contributed by atoms with van der Waals surface area (Å²) in [6.07, 6.45) is 2.64.